The van der Waals surface area contributed by atoms with E-state index in [1.54, 1.807) is 7.11 Å². The monoisotopic (exact) mass is 271 g/mol. The van der Waals surface area contributed by atoms with E-state index in [2.05, 4.69) is 28.5 Å². The van der Waals surface area contributed by atoms with Crippen molar-refractivity contribution in [2.45, 2.75) is 13.1 Å². The molecule has 0 unspecified atom stereocenters. The van der Waals surface area contributed by atoms with Gasteiger partial charge in [0.25, 0.3) is 0 Å². The molecule has 4 nitrogen and oxygen atoms in total. The molecule has 2 rings (SSSR count). The molecule has 0 amide bonds. The van der Waals surface area contributed by atoms with E-state index in [0.29, 0.717) is 0 Å². The van der Waals surface area contributed by atoms with Crippen LogP contribution in [-0.2, 0) is 13.1 Å². The number of hydrogen-bond acceptors (Lipinski definition) is 4. The second-order valence-electron chi connectivity index (χ2n) is 4.87. The molecule has 0 bridgehead atoms. The highest BCUT2D eigenvalue weighted by molar-refractivity contribution is 5.39. The molecule has 0 saturated heterocycles. The number of anilines is 1. The van der Waals surface area contributed by atoms with Crippen LogP contribution >= 0.6 is 0 Å². The summed E-state index contributed by atoms with van der Waals surface area (Å²) in [6.07, 6.45) is 1.85. The summed E-state index contributed by atoms with van der Waals surface area (Å²) in [4.78, 5) is 6.32. The zero-order valence-corrected chi connectivity index (χ0v) is 12.3. The molecule has 1 aromatic heterocycles. The van der Waals surface area contributed by atoms with Crippen LogP contribution in [0.4, 0.5) is 5.82 Å². The molecule has 0 atom stereocenters. The molecule has 0 spiro atoms. The lowest BCUT2D eigenvalue weighted by Crippen LogP contribution is -2.14. The molecule has 0 aliphatic carbocycles. The minimum Gasteiger partial charge on any atom is -0.497 e. The minimum atomic E-state index is 0.829. The van der Waals surface area contributed by atoms with Crippen molar-refractivity contribution in [2.75, 3.05) is 26.1 Å². The topological polar surface area (TPSA) is 37.4 Å². The maximum atomic E-state index is 5.15. The number of ether oxygens (including phenoxy) is 1. The summed E-state index contributed by atoms with van der Waals surface area (Å²) < 4.78 is 5.15. The van der Waals surface area contributed by atoms with Crippen molar-refractivity contribution in [1.82, 2.24) is 10.3 Å². The average Bonchev–Trinajstić information content (AvgIpc) is 2.48. The maximum absolute atomic E-state index is 5.15. The first-order chi connectivity index (χ1) is 9.69. The third-order valence-corrected chi connectivity index (χ3v) is 3.09. The van der Waals surface area contributed by atoms with Crippen LogP contribution in [0.3, 0.4) is 0 Å². The molecule has 4 heteroatoms. The van der Waals surface area contributed by atoms with Gasteiger partial charge in [0.2, 0.25) is 0 Å². The number of aromatic nitrogens is 1. The summed E-state index contributed by atoms with van der Waals surface area (Å²) >= 11 is 0. The van der Waals surface area contributed by atoms with Gasteiger partial charge in [0, 0.05) is 33.4 Å². The Labute approximate surface area is 120 Å². The predicted octanol–water partition coefficient (Wildman–Crippen LogP) is 2.45. The van der Waals surface area contributed by atoms with Crippen LogP contribution in [0.25, 0.3) is 0 Å². The molecular weight excluding hydrogens is 250 g/mol. The highest BCUT2D eigenvalue weighted by atomic mass is 16.5. The van der Waals surface area contributed by atoms with Gasteiger partial charge in [-0.25, -0.2) is 4.98 Å². The number of nitrogens with one attached hydrogen (secondary N) is 1. The van der Waals surface area contributed by atoms with Gasteiger partial charge in [0.15, 0.2) is 0 Å². The Morgan fingerprint density at radius 2 is 1.75 bits per heavy atom. The smallest absolute Gasteiger partial charge is 0.128 e. The molecule has 0 radical (unpaired) electrons. The molecule has 0 aliphatic rings. The van der Waals surface area contributed by atoms with Gasteiger partial charge in [0.05, 0.1) is 7.11 Å². The minimum absolute atomic E-state index is 0.829. The Hall–Kier alpha value is -2.07. The first kappa shape index (κ1) is 14.3. The normalized spacial score (nSPS) is 10.3. The van der Waals surface area contributed by atoms with Crippen LogP contribution in [0, 0.1) is 0 Å². The van der Waals surface area contributed by atoms with Gasteiger partial charge < -0.3 is 15.0 Å². The summed E-state index contributed by atoms with van der Waals surface area (Å²) in [6, 6.07) is 12.2. The average molecular weight is 271 g/mol. The number of benzene rings is 1. The quantitative estimate of drug-likeness (QED) is 0.875. The highest BCUT2D eigenvalue weighted by Crippen LogP contribution is 2.12. The Morgan fingerprint density at radius 3 is 2.40 bits per heavy atom. The Morgan fingerprint density at radius 1 is 1.05 bits per heavy atom. The molecule has 0 aliphatic heterocycles. The van der Waals surface area contributed by atoms with Crippen LogP contribution in [0.1, 0.15) is 11.1 Å². The van der Waals surface area contributed by atoms with Crippen molar-refractivity contribution in [3.63, 3.8) is 0 Å². The Kier molecular flexibility index (Phi) is 4.96. The molecule has 1 aromatic carbocycles. The van der Waals surface area contributed by atoms with Gasteiger partial charge in [0.1, 0.15) is 11.6 Å². The number of rotatable bonds is 6. The Bertz CT molecular complexity index is 538. The van der Waals surface area contributed by atoms with E-state index in [9.17, 15) is 0 Å². The van der Waals surface area contributed by atoms with Crippen molar-refractivity contribution in [2.24, 2.45) is 0 Å². The number of hydrogen-bond donors (Lipinski definition) is 1. The predicted molar refractivity (Wildman–Crippen MR) is 82.1 cm³/mol. The van der Waals surface area contributed by atoms with E-state index in [4.69, 9.17) is 4.74 Å². The first-order valence-electron chi connectivity index (χ1n) is 6.65. The van der Waals surface area contributed by atoms with E-state index < -0.39 is 0 Å². The van der Waals surface area contributed by atoms with Gasteiger partial charge in [-0.15, -0.1) is 0 Å². The van der Waals surface area contributed by atoms with E-state index in [1.807, 2.05) is 43.4 Å². The van der Waals surface area contributed by atoms with Crippen molar-refractivity contribution in [1.29, 1.82) is 0 Å². The standard InChI is InChI=1S/C16H21N3O/c1-19(2)16-10-14(8-9-18-16)12-17-11-13-4-6-15(20-3)7-5-13/h4-10,17H,11-12H2,1-3H3. The fraction of sp³-hybridized carbons (Fsp3) is 0.312. The molecule has 1 heterocycles. The Balaban J connectivity index is 1.87. The lowest BCUT2D eigenvalue weighted by molar-refractivity contribution is 0.414. The maximum Gasteiger partial charge on any atom is 0.128 e. The van der Waals surface area contributed by atoms with E-state index in [1.165, 1.54) is 11.1 Å². The van der Waals surface area contributed by atoms with Gasteiger partial charge in [-0.2, -0.15) is 0 Å². The third kappa shape index (κ3) is 3.96. The molecule has 106 valence electrons. The molecule has 2 aromatic rings. The van der Waals surface area contributed by atoms with Gasteiger partial charge in [-0.1, -0.05) is 12.1 Å². The molecule has 1 N–H and O–H groups in total. The SMILES string of the molecule is COc1ccc(CNCc2ccnc(N(C)C)c2)cc1. The number of pyridine rings is 1. The van der Waals surface area contributed by atoms with Crippen molar-refractivity contribution in [3.8, 4) is 5.75 Å². The van der Waals surface area contributed by atoms with Gasteiger partial charge in [-0.05, 0) is 35.4 Å². The largest absolute Gasteiger partial charge is 0.497 e. The number of nitrogens with zero attached hydrogens (tertiary/aromatic N) is 2. The summed E-state index contributed by atoms with van der Waals surface area (Å²) in [7, 11) is 5.67. The molecule has 20 heavy (non-hydrogen) atoms. The van der Waals surface area contributed by atoms with Crippen molar-refractivity contribution in [3.05, 3.63) is 53.7 Å². The molecule has 0 fully saturated rings. The summed E-state index contributed by atoms with van der Waals surface area (Å²) in [5, 5.41) is 3.43. The summed E-state index contributed by atoms with van der Waals surface area (Å²) in [5.41, 5.74) is 2.48. The highest BCUT2D eigenvalue weighted by Gasteiger charge is 1.99. The lowest BCUT2D eigenvalue weighted by atomic mass is 10.2. The van der Waals surface area contributed by atoms with E-state index in [0.717, 1.165) is 24.7 Å². The number of methoxy groups -OCH3 is 1. The fourth-order valence-electron chi connectivity index (χ4n) is 1.91. The van der Waals surface area contributed by atoms with E-state index in [-0.39, 0.29) is 0 Å². The van der Waals surface area contributed by atoms with Gasteiger partial charge >= 0.3 is 0 Å². The summed E-state index contributed by atoms with van der Waals surface area (Å²) in [5.74, 6) is 1.87. The van der Waals surface area contributed by atoms with Crippen LogP contribution in [-0.4, -0.2) is 26.2 Å². The molecular formula is C16H21N3O. The summed E-state index contributed by atoms with van der Waals surface area (Å²) in [6.45, 7) is 1.67. The van der Waals surface area contributed by atoms with Crippen LogP contribution in [0.5, 0.6) is 5.75 Å². The van der Waals surface area contributed by atoms with Gasteiger partial charge in [-0.3, -0.25) is 0 Å². The lowest BCUT2D eigenvalue weighted by Gasteiger charge is -2.12. The first-order valence-corrected chi connectivity index (χ1v) is 6.65. The van der Waals surface area contributed by atoms with Crippen molar-refractivity contribution >= 4 is 5.82 Å². The third-order valence-electron chi connectivity index (χ3n) is 3.09. The van der Waals surface area contributed by atoms with E-state index >= 15 is 0 Å². The van der Waals surface area contributed by atoms with Crippen LogP contribution in [0.2, 0.25) is 0 Å². The zero-order chi connectivity index (χ0) is 14.4. The van der Waals surface area contributed by atoms with Crippen molar-refractivity contribution < 1.29 is 4.74 Å². The van der Waals surface area contributed by atoms with Crippen LogP contribution in [0.15, 0.2) is 42.6 Å². The molecule has 0 saturated carbocycles. The van der Waals surface area contributed by atoms with Crippen LogP contribution < -0.4 is 15.0 Å². The fourth-order valence-corrected chi connectivity index (χ4v) is 1.91. The second-order valence-corrected chi connectivity index (χ2v) is 4.87. The second kappa shape index (κ2) is 6.91. The zero-order valence-electron chi connectivity index (χ0n) is 12.3.